The zero-order chi connectivity index (χ0) is 38.2. The van der Waals surface area contributed by atoms with E-state index in [2.05, 4.69) is 86.9 Å². The van der Waals surface area contributed by atoms with Gasteiger partial charge in [0.05, 0.1) is 0 Å². The van der Waals surface area contributed by atoms with Crippen LogP contribution >= 0.6 is 0 Å². The van der Waals surface area contributed by atoms with E-state index in [0.717, 1.165) is 61.0 Å². The van der Waals surface area contributed by atoms with E-state index < -0.39 is 0 Å². The van der Waals surface area contributed by atoms with Crippen LogP contribution in [0.3, 0.4) is 0 Å². The average molecular weight is 772 g/mol. The summed E-state index contributed by atoms with van der Waals surface area (Å²) in [6.45, 7) is 9.00. The predicted molar refractivity (Wildman–Crippen MR) is 232 cm³/mol. The van der Waals surface area contributed by atoms with Gasteiger partial charge in [0, 0.05) is 22.3 Å². The maximum atomic E-state index is 11.9. The third kappa shape index (κ3) is 21.0. The molecule has 0 aliphatic carbocycles. The summed E-state index contributed by atoms with van der Waals surface area (Å²) in [4.78, 5) is 0. The number of rotatable bonds is 26. The van der Waals surface area contributed by atoms with Gasteiger partial charge in [-0.1, -0.05) is 168 Å². The van der Waals surface area contributed by atoms with Crippen LogP contribution in [0.15, 0.2) is 59.7 Å². The molecule has 0 amide bonds. The molecule has 0 spiro atoms. The second-order valence-corrected chi connectivity index (χ2v) is 14.8. The largest absolute Gasteiger partial charge is 2.00 e. The molecular weight excluding hydrogens is 691 g/mol. The Labute approximate surface area is 339 Å². The van der Waals surface area contributed by atoms with Gasteiger partial charge in [-0.3, -0.25) is 0 Å². The summed E-state index contributed by atoms with van der Waals surface area (Å²) >= 11 is 0. The van der Waals surface area contributed by atoms with E-state index in [0.29, 0.717) is 0 Å². The summed E-state index contributed by atoms with van der Waals surface area (Å²) in [5.41, 5.74) is 21.6. The molecular formula is C48H80N4Ni. The van der Waals surface area contributed by atoms with E-state index in [1.807, 2.05) is 0 Å². The number of hydrogen-bond donors (Lipinski definition) is 0. The summed E-state index contributed by atoms with van der Waals surface area (Å²) in [5, 5.41) is 7.00. The first-order chi connectivity index (χ1) is 25.5. The van der Waals surface area contributed by atoms with Crippen LogP contribution in [0.4, 0.5) is 0 Å². The van der Waals surface area contributed by atoms with E-state index in [1.54, 1.807) is 32.9 Å². The molecule has 0 saturated heterocycles. The van der Waals surface area contributed by atoms with E-state index in [1.165, 1.54) is 138 Å². The first-order valence-electron chi connectivity index (χ1n) is 21.6. The molecule has 53 heavy (non-hydrogen) atoms. The topological polar surface area (TPSA) is 53.5 Å². The molecule has 0 unspecified atom stereocenters. The first kappa shape index (κ1) is 50.9. The van der Waals surface area contributed by atoms with E-state index >= 15 is 0 Å². The molecule has 5 heteroatoms. The van der Waals surface area contributed by atoms with Crippen molar-refractivity contribution in [2.24, 2.45) is 0 Å². The van der Waals surface area contributed by atoms with Crippen LogP contribution in [0.1, 0.15) is 191 Å². The minimum atomic E-state index is 0. The Morgan fingerprint density at radius 1 is 0.453 bits per heavy atom. The summed E-state index contributed by atoms with van der Waals surface area (Å²) < 4.78 is 1.55. The minimum absolute atomic E-state index is 0. The molecule has 1 heterocycles. The van der Waals surface area contributed by atoms with Crippen molar-refractivity contribution in [1.29, 1.82) is 0 Å². The third-order valence-corrected chi connectivity index (χ3v) is 10.1. The molecule has 0 bridgehead atoms. The smallest absolute Gasteiger partial charge is 0.668 e. The number of hydrogen-bond acceptors (Lipinski definition) is 0. The fourth-order valence-corrected chi connectivity index (χ4v) is 7.22. The van der Waals surface area contributed by atoms with E-state index in [4.69, 9.17) is 0 Å². The summed E-state index contributed by atoms with van der Waals surface area (Å²) in [7, 11) is 7.00. The summed E-state index contributed by atoms with van der Waals surface area (Å²) in [6.07, 6.45) is 31.5. The van der Waals surface area contributed by atoms with Gasteiger partial charge in [-0.15, -0.1) is 0 Å². The van der Waals surface area contributed by atoms with Crippen LogP contribution in [-0.4, -0.2) is 32.9 Å². The van der Waals surface area contributed by atoms with Crippen molar-refractivity contribution < 1.29 is 21.2 Å². The molecule has 4 nitrogen and oxygen atoms in total. The Hall–Kier alpha value is -2.07. The molecule has 2 aromatic rings. The summed E-state index contributed by atoms with van der Waals surface area (Å²) in [5.74, 6) is 0. The number of unbranched alkanes of at least 4 members (excludes halogenated alkanes) is 18. The van der Waals surface area contributed by atoms with Crippen LogP contribution in [0.2, 0.25) is 0 Å². The molecule has 0 N–H and O–H groups in total. The molecule has 3 rings (SSSR count). The molecule has 0 saturated carbocycles. The number of nitrogens with zero attached hydrogens (tertiary/aromatic N) is 4. The molecule has 1 aliphatic heterocycles. The number of allylic oxidation sites excluding steroid dienone is 2. The van der Waals surface area contributed by atoms with Gasteiger partial charge in [0.1, 0.15) is 0 Å². The fraction of sp³-hybridized carbons (Fsp3) is 0.667. The molecule has 2 aromatic carbocycles. The van der Waals surface area contributed by atoms with Crippen LogP contribution in [0.25, 0.3) is 27.6 Å². The van der Waals surface area contributed by atoms with Gasteiger partial charge >= 0.3 is 16.5 Å². The molecule has 0 atom stereocenters. The fourth-order valence-electron chi connectivity index (χ4n) is 7.22. The zero-order valence-corrected chi connectivity index (χ0v) is 36.7. The quantitative estimate of drug-likeness (QED) is 0.0520. The van der Waals surface area contributed by atoms with Gasteiger partial charge < -0.3 is 16.2 Å². The van der Waals surface area contributed by atoms with Crippen LogP contribution in [-0.2, 0) is 29.3 Å². The van der Waals surface area contributed by atoms with Crippen molar-refractivity contribution in [3.05, 3.63) is 98.1 Å². The summed E-state index contributed by atoms with van der Waals surface area (Å²) in [6, 6.07) is 17.7. The van der Waals surface area contributed by atoms with Gasteiger partial charge in [-0.05, 0) is 73.9 Å². The molecule has 0 fully saturated rings. The van der Waals surface area contributed by atoms with Crippen molar-refractivity contribution >= 4 is 11.4 Å². The SMILES string of the molecule is CCCCCCCCCCCCCCCCCCCCC1=C(c2cccc(CC)c2)[N+](=[N-])C(c2cccc(CC)c2)=C1CCCC.C[N-]C.C[N-]C.[Ni+2]. The molecule has 1 aliphatic rings. The van der Waals surface area contributed by atoms with Crippen molar-refractivity contribution in [3.63, 3.8) is 0 Å². The van der Waals surface area contributed by atoms with Crippen LogP contribution in [0.5, 0.6) is 0 Å². The molecule has 0 radical (unpaired) electrons. The van der Waals surface area contributed by atoms with Crippen molar-refractivity contribution in [2.75, 3.05) is 28.2 Å². The monoisotopic (exact) mass is 771 g/mol. The van der Waals surface area contributed by atoms with Crippen molar-refractivity contribution in [2.45, 2.75) is 182 Å². The molecule has 302 valence electrons. The third-order valence-electron chi connectivity index (χ3n) is 10.1. The average Bonchev–Trinajstić information content (AvgIpc) is 3.44. The molecule has 0 aromatic heterocycles. The van der Waals surface area contributed by atoms with Gasteiger partial charge in [0.25, 0.3) is 0 Å². The number of aryl methyl sites for hydroxylation is 2. The van der Waals surface area contributed by atoms with Gasteiger partial charge in [0.2, 0.25) is 11.4 Å². The maximum Gasteiger partial charge on any atom is 2.00 e. The van der Waals surface area contributed by atoms with Crippen molar-refractivity contribution in [3.8, 4) is 0 Å². The van der Waals surface area contributed by atoms with Gasteiger partial charge in [-0.2, -0.15) is 28.2 Å². The predicted octanol–water partition coefficient (Wildman–Crippen LogP) is 15.8. The second-order valence-electron chi connectivity index (χ2n) is 14.8. The normalized spacial score (nSPS) is 12.3. The zero-order valence-electron chi connectivity index (χ0n) is 35.7. The Kier molecular flexibility index (Phi) is 33.1. The standard InChI is InChI=1S/C44H68N2.2C2H6N.Ni/c1-5-9-11-12-13-14-15-16-17-18-19-20-21-22-23-24-25-26-34-42-41(33-10-6-2)43(39-31-27-29-37(7-3)35-39)46(45)44(42)40-32-28-30-38(8-4)36-40;2*1-3-2;/h27-32,35-36H,5-26,33-34H2,1-4H3;2*1-2H3;/q;2*-1;+2. The minimum Gasteiger partial charge on any atom is -0.668 e. The Bertz CT molecular complexity index is 1260. The van der Waals surface area contributed by atoms with E-state index in [9.17, 15) is 5.53 Å². The Morgan fingerprint density at radius 2 is 0.755 bits per heavy atom. The van der Waals surface area contributed by atoms with Gasteiger partial charge in [0.15, 0.2) is 0 Å². The Balaban J connectivity index is 0.00000361. The number of benzene rings is 2. The van der Waals surface area contributed by atoms with Crippen LogP contribution in [0, 0.1) is 0 Å². The van der Waals surface area contributed by atoms with Crippen LogP contribution < -0.4 is 0 Å². The van der Waals surface area contributed by atoms with E-state index in [-0.39, 0.29) is 16.5 Å². The first-order valence-corrected chi connectivity index (χ1v) is 21.6. The maximum absolute atomic E-state index is 11.9. The van der Waals surface area contributed by atoms with Gasteiger partial charge in [-0.25, -0.2) is 4.70 Å². The van der Waals surface area contributed by atoms with Crippen molar-refractivity contribution in [1.82, 2.24) is 0 Å². The second kappa shape index (κ2) is 34.4. The Morgan fingerprint density at radius 3 is 1.08 bits per heavy atom.